The summed E-state index contributed by atoms with van der Waals surface area (Å²) < 4.78 is 2.13. The molecule has 1 aliphatic carbocycles. The number of Topliss-reactive ketones (excluding diaryl/α,β-unsaturated/α-hetero) is 1. The molecule has 3 aromatic rings. The highest BCUT2D eigenvalue weighted by Gasteiger charge is 2.33. The van der Waals surface area contributed by atoms with Gasteiger partial charge in [0.25, 0.3) is 5.56 Å². The minimum atomic E-state index is -0.652. The molecule has 30 heavy (non-hydrogen) atoms. The van der Waals surface area contributed by atoms with Crippen LogP contribution < -0.4 is 11.2 Å². The van der Waals surface area contributed by atoms with Gasteiger partial charge in [0.1, 0.15) is 5.65 Å². The van der Waals surface area contributed by atoms with Crippen LogP contribution in [-0.4, -0.2) is 25.7 Å². The average Bonchev–Trinajstić information content (AvgIpc) is 2.77. The number of aryl methyl sites for hydroxylation is 2. The second-order valence-electron chi connectivity index (χ2n) is 6.92. The second-order valence-corrected chi connectivity index (χ2v) is 8.01. The van der Waals surface area contributed by atoms with E-state index in [-0.39, 0.29) is 33.5 Å². The lowest BCUT2D eigenvalue weighted by Gasteiger charge is -2.20. The molecule has 1 aromatic carbocycles. The molecule has 0 N–H and O–H groups in total. The predicted octanol–water partition coefficient (Wildman–Crippen LogP) is 2.90. The van der Waals surface area contributed by atoms with Crippen molar-refractivity contribution < 1.29 is 9.59 Å². The zero-order valence-corrected chi connectivity index (χ0v) is 17.9. The van der Waals surface area contributed by atoms with E-state index in [0.29, 0.717) is 17.7 Å². The van der Waals surface area contributed by atoms with Crippen LogP contribution in [-0.2, 0) is 20.5 Å². The molecule has 0 unspecified atom stereocenters. The Morgan fingerprint density at radius 1 is 1.00 bits per heavy atom. The number of aromatic nitrogens is 3. The summed E-state index contributed by atoms with van der Waals surface area (Å²) in [7, 11) is 9.61. The zero-order chi connectivity index (χ0) is 21.7. The first-order valence-corrected chi connectivity index (χ1v) is 10.8. The first kappa shape index (κ1) is 20.3. The number of halogens is 1. The Bertz CT molecular complexity index is 1400. The Morgan fingerprint density at radius 2 is 1.67 bits per heavy atom. The molecule has 152 valence electrons. The number of nitrogens with zero attached hydrogens (tertiary/aromatic N) is 3. The fourth-order valence-corrected chi connectivity index (χ4v) is 4.23. The maximum absolute atomic E-state index is 13.4. The highest BCUT2D eigenvalue weighted by Crippen LogP contribution is 2.33. The maximum Gasteiger partial charge on any atom is 0.332 e. The van der Waals surface area contributed by atoms with Gasteiger partial charge in [-0.3, -0.25) is 23.5 Å². The van der Waals surface area contributed by atoms with E-state index in [1.165, 1.54) is 24.7 Å². The Balaban J connectivity index is 2.07. The molecular weight excluding hydrogens is 426 g/mol. The molecule has 0 radical (unpaired) electrons. The third kappa shape index (κ3) is 2.86. The van der Waals surface area contributed by atoms with E-state index in [2.05, 4.69) is 4.98 Å². The second kappa shape index (κ2) is 7.37. The Morgan fingerprint density at radius 3 is 2.27 bits per heavy atom. The first-order chi connectivity index (χ1) is 14.3. The molecule has 2 aromatic heterocycles. The summed E-state index contributed by atoms with van der Waals surface area (Å²) >= 11 is 0. The van der Waals surface area contributed by atoms with Crippen LogP contribution >= 0.6 is 21.7 Å². The van der Waals surface area contributed by atoms with Crippen LogP contribution in [0.2, 0.25) is 0 Å². The van der Waals surface area contributed by atoms with Crippen LogP contribution in [0.25, 0.3) is 16.6 Å². The number of benzene rings is 1. The number of allylic oxidation sites excluding steroid dienone is 2. The number of pyridine rings is 1. The largest absolute Gasteiger partial charge is 0.332 e. The number of hydrogen-bond acceptors (Lipinski definition) is 6. The molecule has 0 aliphatic heterocycles. The van der Waals surface area contributed by atoms with E-state index >= 15 is 0 Å². The van der Waals surface area contributed by atoms with Gasteiger partial charge in [-0.15, -0.1) is 0 Å². The first-order valence-electron chi connectivity index (χ1n) is 9.12. The van der Waals surface area contributed by atoms with Crippen LogP contribution in [0.4, 0.5) is 0 Å². The minimum absolute atomic E-state index is 0.00901. The Hall–Kier alpha value is -2.97. The predicted molar refractivity (Wildman–Crippen MR) is 116 cm³/mol. The van der Waals surface area contributed by atoms with Crippen LogP contribution in [0, 0.1) is 0 Å². The smallest absolute Gasteiger partial charge is 0.289 e. The molecule has 2 heterocycles. The van der Waals surface area contributed by atoms with Gasteiger partial charge in [-0.2, -0.15) is 0 Å². The standard InChI is InChI=1S/C21H16ClN3O4S/c1-4-13-15-16(17-19(23-13)24(2)21(29)25(3)20(17)28)14(26)9-12(18(15)27)10-5-7-11(30-22)8-6-10/h5-9H,4H2,1-3H3. The van der Waals surface area contributed by atoms with Crippen molar-refractivity contribution in [3.05, 3.63) is 73.6 Å². The Labute approximate surface area is 179 Å². The summed E-state index contributed by atoms with van der Waals surface area (Å²) in [5.74, 6) is -0.841. The van der Waals surface area contributed by atoms with Crippen molar-refractivity contribution in [1.29, 1.82) is 0 Å². The SMILES string of the molecule is CCc1nc2c(c3c1C(=O)C(c1ccc(SCl)cc1)=CC3=O)c(=O)n(C)c(=O)n2C. The van der Waals surface area contributed by atoms with Gasteiger partial charge in [-0.1, -0.05) is 19.1 Å². The van der Waals surface area contributed by atoms with Gasteiger partial charge in [-0.05, 0) is 51.9 Å². The van der Waals surface area contributed by atoms with Gasteiger partial charge in [0, 0.05) is 24.6 Å². The molecule has 0 atom stereocenters. The van der Waals surface area contributed by atoms with Crippen molar-refractivity contribution in [2.45, 2.75) is 18.2 Å². The third-order valence-corrected chi connectivity index (χ3v) is 6.23. The number of rotatable bonds is 3. The molecule has 0 amide bonds. The fraction of sp³-hybridized carbons (Fsp3) is 0.190. The number of fused-ring (bicyclic) bond motifs is 3. The van der Waals surface area contributed by atoms with Crippen LogP contribution in [0.15, 0.2) is 44.8 Å². The van der Waals surface area contributed by atoms with Crippen molar-refractivity contribution in [3.8, 4) is 0 Å². The summed E-state index contributed by atoms with van der Waals surface area (Å²) in [6.45, 7) is 1.80. The van der Waals surface area contributed by atoms with E-state index in [1.807, 2.05) is 0 Å². The van der Waals surface area contributed by atoms with Gasteiger partial charge in [0.2, 0.25) is 0 Å². The van der Waals surface area contributed by atoms with Crippen LogP contribution in [0.5, 0.6) is 0 Å². The van der Waals surface area contributed by atoms with E-state index < -0.39 is 17.0 Å². The van der Waals surface area contributed by atoms with Crippen molar-refractivity contribution >= 4 is 49.8 Å². The van der Waals surface area contributed by atoms with Crippen molar-refractivity contribution in [1.82, 2.24) is 14.1 Å². The highest BCUT2D eigenvalue weighted by atomic mass is 35.7. The van der Waals surface area contributed by atoms with E-state index in [4.69, 9.17) is 10.7 Å². The maximum atomic E-state index is 13.4. The molecule has 0 bridgehead atoms. The number of ketones is 2. The third-order valence-electron chi connectivity index (χ3n) is 5.25. The lowest BCUT2D eigenvalue weighted by atomic mass is 9.83. The molecule has 4 rings (SSSR count). The van der Waals surface area contributed by atoms with Crippen LogP contribution in [0.3, 0.4) is 0 Å². The molecule has 7 nitrogen and oxygen atoms in total. The summed E-state index contributed by atoms with van der Waals surface area (Å²) in [5.41, 5.74) is 0.206. The number of carbonyl (C=O) groups is 2. The number of carbonyl (C=O) groups excluding carboxylic acids is 2. The van der Waals surface area contributed by atoms with Crippen molar-refractivity contribution in [2.24, 2.45) is 14.1 Å². The zero-order valence-electron chi connectivity index (χ0n) is 16.4. The Kier molecular flexibility index (Phi) is 4.99. The summed E-state index contributed by atoms with van der Waals surface area (Å²) in [6, 6.07) is 6.95. The lowest BCUT2D eigenvalue weighted by Crippen LogP contribution is -2.39. The lowest BCUT2D eigenvalue weighted by molar-refractivity contribution is 0.100. The fourth-order valence-electron chi connectivity index (χ4n) is 3.69. The van der Waals surface area contributed by atoms with Gasteiger partial charge < -0.3 is 0 Å². The minimum Gasteiger partial charge on any atom is -0.289 e. The van der Waals surface area contributed by atoms with Gasteiger partial charge in [-0.25, -0.2) is 9.78 Å². The van der Waals surface area contributed by atoms with Crippen LogP contribution in [0.1, 0.15) is 38.9 Å². The summed E-state index contributed by atoms with van der Waals surface area (Å²) in [6.07, 6.45) is 1.60. The monoisotopic (exact) mass is 441 g/mol. The molecule has 0 saturated carbocycles. The van der Waals surface area contributed by atoms with Crippen molar-refractivity contribution in [3.63, 3.8) is 0 Å². The molecular formula is C21H16ClN3O4S. The van der Waals surface area contributed by atoms with Gasteiger partial charge in [0.05, 0.1) is 22.2 Å². The molecule has 9 heteroatoms. The quantitative estimate of drug-likeness (QED) is 0.620. The molecule has 0 saturated heterocycles. The van der Waals surface area contributed by atoms with Gasteiger partial charge in [0.15, 0.2) is 11.6 Å². The van der Waals surface area contributed by atoms with E-state index in [1.54, 1.807) is 31.2 Å². The number of hydrogen-bond donors (Lipinski definition) is 0. The van der Waals surface area contributed by atoms with E-state index in [0.717, 1.165) is 20.4 Å². The summed E-state index contributed by atoms with van der Waals surface area (Å²) in [4.78, 5) is 57.0. The highest BCUT2D eigenvalue weighted by molar-refractivity contribution is 8.21. The molecule has 1 aliphatic rings. The molecule has 0 spiro atoms. The summed E-state index contributed by atoms with van der Waals surface area (Å²) in [5, 5.41) is -0.0191. The molecule has 0 fully saturated rings. The topological polar surface area (TPSA) is 91.0 Å². The normalized spacial score (nSPS) is 13.5. The average molecular weight is 442 g/mol. The van der Waals surface area contributed by atoms with E-state index in [9.17, 15) is 19.2 Å². The van der Waals surface area contributed by atoms with Gasteiger partial charge >= 0.3 is 5.69 Å². The van der Waals surface area contributed by atoms with Crippen molar-refractivity contribution in [2.75, 3.05) is 0 Å².